The second-order valence-electron chi connectivity index (χ2n) is 8.47. The van der Waals surface area contributed by atoms with Crippen LogP contribution < -0.4 is 15.2 Å². The number of carboxylic acid groups (broad SMARTS) is 1. The zero-order valence-corrected chi connectivity index (χ0v) is 20.3. The first-order valence-corrected chi connectivity index (χ1v) is 11.3. The first-order chi connectivity index (χ1) is 17.2. The fraction of sp³-hybridized carbons (Fsp3) is 0.185. The molecule has 1 aliphatic heterocycles. The molecule has 0 saturated heterocycles. The quantitative estimate of drug-likeness (QED) is 0.328. The van der Waals surface area contributed by atoms with Crippen LogP contribution in [0.15, 0.2) is 70.9 Å². The van der Waals surface area contributed by atoms with Crippen LogP contribution in [0, 0.1) is 13.8 Å². The van der Waals surface area contributed by atoms with Gasteiger partial charge in [0.1, 0.15) is 11.5 Å². The van der Waals surface area contributed by atoms with E-state index in [4.69, 9.17) is 9.84 Å². The summed E-state index contributed by atoms with van der Waals surface area (Å²) in [6, 6.07) is 17.5. The van der Waals surface area contributed by atoms with E-state index in [1.54, 1.807) is 49.4 Å². The Hall–Kier alpha value is -4.66. The number of aliphatic carboxylic acids is 1. The van der Waals surface area contributed by atoms with E-state index in [0.717, 1.165) is 11.1 Å². The summed E-state index contributed by atoms with van der Waals surface area (Å²) >= 11 is 0. The Labute approximate surface area is 208 Å². The molecule has 0 saturated carbocycles. The van der Waals surface area contributed by atoms with Crippen molar-refractivity contribution in [3.8, 4) is 22.6 Å². The number of hydrogen-bond acceptors (Lipinski definition) is 7. The Morgan fingerprint density at radius 1 is 1.06 bits per heavy atom. The number of phenols is 1. The molecule has 0 aliphatic carbocycles. The maximum atomic E-state index is 13.0. The van der Waals surface area contributed by atoms with Crippen molar-refractivity contribution >= 4 is 34.7 Å². The Bertz CT molecular complexity index is 1400. The molecule has 3 aromatic carbocycles. The van der Waals surface area contributed by atoms with Crippen molar-refractivity contribution in [1.82, 2.24) is 0 Å². The number of benzene rings is 3. The number of aryl methyl sites for hydroxylation is 2. The first kappa shape index (κ1) is 24.5. The lowest BCUT2D eigenvalue weighted by molar-refractivity contribution is -0.144. The first-order valence-electron chi connectivity index (χ1n) is 11.3. The zero-order valence-electron chi connectivity index (χ0n) is 20.3. The summed E-state index contributed by atoms with van der Waals surface area (Å²) in [6.07, 6.45) is -0.979. The molecular formula is C27H26N4O5. The number of para-hydroxylation sites is 1. The second kappa shape index (κ2) is 9.91. The maximum absolute atomic E-state index is 13.0. The molecule has 0 radical (unpaired) electrons. The fourth-order valence-corrected chi connectivity index (χ4v) is 3.61. The summed E-state index contributed by atoms with van der Waals surface area (Å²) < 4.78 is 5.35. The minimum Gasteiger partial charge on any atom is -0.505 e. The van der Waals surface area contributed by atoms with Gasteiger partial charge in [-0.25, -0.2) is 4.79 Å². The lowest BCUT2D eigenvalue weighted by atomic mass is 10.0. The average Bonchev–Trinajstić information content (AvgIpc) is 3.14. The molecule has 0 fully saturated rings. The maximum Gasteiger partial charge on any atom is 0.344 e. The van der Waals surface area contributed by atoms with E-state index in [1.807, 2.05) is 32.0 Å². The van der Waals surface area contributed by atoms with E-state index in [2.05, 4.69) is 15.6 Å². The molecule has 0 spiro atoms. The van der Waals surface area contributed by atoms with Crippen molar-refractivity contribution in [2.24, 2.45) is 10.2 Å². The van der Waals surface area contributed by atoms with Crippen LogP contribution in [-0.2, 0) is 9.59 Å². The number of rotatable bonds is 7. The van der Waals surface area contributed by atoms with Crippen molar-refractivity contribution in [2.75, 3.05) is 10.4 Å². The van der Waals surface area contributed by atoms with E-state index in [0.29, 0.717) is 34.0 Å². The number of carbonyl (C=O) groups excluding carboxylic acids is 1. The largest absolute Gasteiger partial charge is 0.505 e. The van der Waals surface area contributed by atoms with Gasteiger partial charge in [-0.2, -0.15) is 15.2 Å². The van der Waals surface area contributed by atoms with Gasteiger partial charge in [0.05, 0.1) is 17.1 Å². The third-order valence-corrected chi connectivity index (χ3v) is 5.87. The van der Waals surface area contributed by atoms with Crippen molar-refractivity contribution < 1.29 is 24.5 Å². The van der Waals surface area contributed by atoms with Crippen molar-refractivity contribution in [3.63, 3.8) is 0 Å². The van der Waals surface area contributed by atoms with Gasteiger partial charge in [-0.05, 0) is 74.7 Å². The molecule has 1 amide bonds. The predicted molar refractivity (Wildman–Crippen MR) is 139 cm³/mol. The number of carboxylic acids is 1. The van der Waals surface area contributed by atoms with Gasteiger partial charge < -0.3 is 14.9 Å². The van der Waals surface area contributed by atoms with Crippen LogP contribution >= 0.6 is 0 Å². The average molecular weight is 487 g/mol. The topological polar surface area (TPSA) is 124 Å². The standard InChI is InChI=1S/C27H26N4O5/c1-15-8-11-20(14-16(15)2)31-26(33)24(17(3)30-31)29-28-23-7-5-6-22(25(23)32)19-9-12-21(13-10-19)36-18(4)27(34)35/h5-14,18,28,32H,1-4H3,(H,34,35). The van der Waals surface area contributed by atoms with E-state index >= 15 is 0 Å². The Kier molecular flexibility index (Phi) is 6.73. The van der Waals surface area contributed by atoms with Gasteiger partial charge in [-0.3, -0.25) is 10.2 Å². The molecule has 1 atom stereocenters. The number of ether oxygens (including phenoxy) is 1. The second-order valence-corrected chi connectivity index (χ2v) is 8.47. The Morgan fingerprint density at radius 3 is 2.44 bits per heavy atom. The predicted octanol–water partition coefficient (Wildman–Crippen LogP) is 4.72. The van der Waals surface area contributed by atoms with Crippen LogP contribution in [0.1, 0.15) is 25.0 Å². The lowest BCUT2D eigenvalue weighted by Gasteiger charge is -2.13. The number of anilines is 2. The number of carbonyl (C=O) groups is 2. The van der Waals surface area contributed by atoms with Crippen molar-refractivity contribution in [3.05, 3.63) is 71.8 Å². The molecule has 3 aromatic rings. The number of nitrogens with zero attached hydrogens (tertiary/aromatic N) is 3. The van der Waals surface area contributed by atoms with Crippen LogP contribution in [0.5, 0.6) is 11.5 Å². The molecule has 9 nitrogen and oxygen atoms in total. The number of amides is 1. The number of aromatic hydroxyl groups is 1. The van der Waals surface area contributed by atoms with Gasteiger partial charge in [0.2, 0.25) is 0 Å². The van der Waals surface area contributed by atoms with E-state index in [-0.39, 0.29) is 17.4 Å². The van der Waals surface area contributed by atoms with Crippen LogP contribution in [-0.4, -0.2) is 39.6 Å². The van der Waals surface area contributed by atoms with Gasteiger partial charge in [0.25, 0.3) is 0 Å². The van der Waals surface area contributed by atoms with Crippen LogP contribution in [0.3, 0.4) is 0 Å². The van der Waals surface area contributed by atoms with Crippen LogP contribution in [0.4, 0.5) is 11.4 Å². The summed E-state index contributed by atoms with van der Waals surface area (Å²) in [6.45, 7) is 7.12. The normalized spacial score (nSPS) is 15.1. The summed E-state index contributed by atoms with van der Waals surface area (Å²) in [5, 5.41) is 29.7. The molecule has 0 aromatic heterocycles. The minimum absolute atomic E-state index is 0.0551. The van der Waals surface area contributed by atoms with Gasteiger partial charge >= 0.3 is 11.9 Å². The highest BCUT2D eigenvalue weighted by atomic mass is 16.5. The summed E-state index contributed by atoms with van der Waals surface area (Å²) in [5.74, 6) is -1.09. The highest BCUT2D eigenvalue weighted by molar-refractivity contribution is 6.71. The van der Waals surface area contributed by atoms with Gasteiger partial charge in [-0.1, -0.05) is 30.3 Å². The molecule has 1 heterocycles. The zero-order chi connectivity index (χ0) is 26.0. The Morgan fingerprint density at radius 2 is 1.78 bits per heavy atom. The summed E-state index contributed by atoms with van der Waals surface area (Å²) in [5.41, 5.74) is 7.74. The third kappa shape index (κ3) is 4.90. The van der Waals surface area contributed by atoms with Crippen LogP contribution in [0.25, 0.3) is 11.1 Å². The number of hydrazone groups is 2. The van der Waals surface area contributed by atoms with Crippen molar-refractivity contribution in [2.45, 2.75) is 33.8 Å². The van der Waals surface area contributed by atoms with Gasteiger partial charge in [-0.15, -0.1) is 0 Å². The van der Waals surface area contributed by atoms with Crippen molar-refractivity contribution in [1.29, 1.82) is 0 Å². The molecule has 4 rings (SSSR count). The Balaban J connectivity index is 1.53. The number of hydrogen-bond donors (Lipinski definition) is 3. The molecule has 1 aliphatic rings. The summed E-state index contributed by atoms with van der Waals surface area (Å²) in [4.78, 5) is 24.0. The molecule has 3 N–H and O–H groups in total. The molecule has 1 unspecified atom stereocenters. The van der Waals surface area contributed by atoms with E-state index < -0.39 is 12.1 Å². The lowest BCUT2D eigenvalue weighted by Crippen LogP contribution is -2.28. The summed E-state index contributed by atoms with van der Waals surface area (Å²) in [7, 11) is 0. The smallest absolute Gasteiger partial charge is 0.344 e. The van der Waals surface area contributed by atoms with Crippen LogP contribution in [0.2, 0.25) is 0 Å². The third-order valence-electron chi connectivity index (χ3n) is 5.87. The molecule has 0 bridgehead atoms. The molecular weight excluding hydrogens is 460 g/mol. The fourth-order valence-electron chi connectivity index (χ4n) is 3.61. The monoisotopic (exact) mass is 486 g/mol. The highest BCUT2D eigenvalue weighted by Gasteiger charge is 2.31. The van der Waals surface area contributed by atoms with Gasteiger partial charge in [0.15, 0.2) is 11.8 Å². The molecule has 36 heavy (non-hydrogen) atoms. The van der Waals surface area contributed by atoms with E-state index in [1.165, 1.54) is 11.9 Å². The van der Waals surface area contributed by atoms with Gasteiger partial charge in [0, 0.05) is 5.56 Å². The van der Waals surface area contributed by atoms with E-state index in [9.17, 15) is 14.7 Å². The number of phenolic OH excluding ortho intramolecular Hbond substituents is 1. The highest BCUT2D eigenvalue weighted by Crippen LogP contribution is 2.36. The minimum atomic E-state index is -1.06. The molecule has 9 heteroatoms. The SMILES string of the molecule is CC1=NN(c2ccc(C)c(C)c2)C(=O)C1=NNc1cccc(-c2ccc(OC(C)C(=O)O)cc2)c1O. The molecule has 184 valence electrons. The number of nitrogens with one attached hydrogen (secondary N) is 1.